The van der Waals surface area contributed by atoms with Crippen LogP contribution >= 0.6 is 12.4 Å². The van der Waals surface area contributed by atoms with Crippen LogP contribution in [0.4, 0.5) is 14.5 Å². The first kappa shape index (κ1) is 19.3. The second-order valence-electron chi connectivity index (χ2n) is 5.59. The van der Waals surface area contributed by atoms with E-state index in [4.69, 9.17) is 5.73 Å². The highest BCUT2D eigenvalue weighted by Crippen LogP contribution is 2.27. The highest BCUT2D eigenvalue weighted by Gasteiger charge is 2.36. The summed E-state index contributed by atoms with van der Waals surface area (Å²) in [7, 11) is 0. The van der Waals surface area contributed by atoms with Crippen LogP contribution in [-0.2, 0) is 9.59 Å². The third-order valence-electron chi connectivity index (χ3n) is 3.72. The summed E-state index contributed by atoms with van der Waals surface area (Å²) < 4.78 is 26.7. The Balaban J connectivity index is 0.00000264. The lowest BCUT2D eigenvalue weighted by atomic mass is 10.1. The molecule has 0 aromatic heterocycles. The van der Waals surface area contributed by atoms with Gasteiger partial charge in [0, 0.05) is 25.6 Å². The summed E-state index contributed by atoms with van der Waals surface area (Å²) in [5, 5.41) is 2.74. The van der Waals surface area contributed by atoms with Crippen molar-refractivity contribution in [3.05, 3.63) is 29.8 Å². The zero-order valence-corrected chi connectivity index (χ0v) is 13.5. The minimum atomic E-state index is -0.814. The Hall–Kier alpha value is -1.73. The summed E-state index contributed by atoms with van der Waals surface area (Å²) in [6, 6.07) is 3.01. The first-order valence-electron chi connectivity index (χ1n) is 7.15. The lowest BCUT2D eigenvalue weighted by Crippen LogP contribution is -2.36. The number of hydrogen-bond donors (Lipinski definition) is 2. The molecule has 1 saturated heterocycles. The molecule has 23 heavy (non-hydrogen) atoms. The van der Waals surface area contributed by atoms with Gasteiger partial charge in [-0.3, -0.25) is 9.59 Å². The number of nitrogens with one attached hydrogen (secondary N) is 1. The van der Waals surface area contributed by atoms with Gasteiger partial charge in [-0.1, -0.05) is 6.92 Å². The molecule has 1 aliphatic rings. The third-order valence-corrected chi connectivity index (χ3v) is 3.72. The number of carbonyl (C=O) groups is 2. The van der Waals surface area contributed by atoms with Gasteiger partial charge < -0.3 is 16.0 Å². The molecular formula is C15H20ClF2N3O2. The predicted molar refractivity (Wildman–Crippen MR) is 85.3 cm³/mol. The molecule has 2 atom stereocenters. The van der Waals surface area contributed by atoms with Crippen molar-refractivity contribution in [1.82, 2.24) is 5.32 Å². The van der Waals surface area contributed by atoms with Crippen molar-refractivity contribution in [2.75, 3.05) is 24.5 Å². The number of rotatable bonds is 5. The molecule has 1 aromatic carbocycles. The van der Waals surface area contributed by atoms with Crippen LogP contribution in [0.1, 0.15) is 13.3 Å². The largest absolute Gasteiger partial charge is 0.355 e. The van der Waals surface area contributed by atoms with Crippen molar-refractivity contribution < 1.29 is 18.4 Å². The summed E-state index contributed by atoms with van der Waals surface area (Å²) in [5.74, 6) is -2.52. The molecule has 1 heterocycles. The Morgan fingerprint density at radius 3 is 2.78 bits per heavy atom. The molecule has 1 fully saturated rings. The van der Waals surface area contributed by atoms with Crippen LogP contribution in [0, 0.1) is 23.5 Å². The maximum atomic E-state index is 13.8. The lowest BCUT2D eigenvalue weighted by Gasteiger charge is -2.18. The van der Waals surface area contributed by atoms with Crippen molar-refractivity contribution in [2.45, 2.75) is 13.3 Å². The van der Waals surface area contributed by atoms with Gasteiger partial charge in [-0.2, -0.15) is 0 Å². The van der Waals surface area contributed by atoms with E-state index in [0.717, 1.165) is 12.1 Å². The molecule has 0 saturated carbocycles. The minimum Gasteiger partial charge on any atom is -0.355 e. The van der Waals surface area contributed by atoms with Crippen molar-refractivity contribution in [1.29, 1.82) is 0 Å². The molecule has 5 nitrogen and oxygen atoms in total. The van der Waals surface area contributed by atoms with Gasteiger partial charge in [0.25, 0.3) is 0 Å². The van der Waals surface area contributed by atoms with Crippen LogP contribution in [0.2, 0.25) is 0 Å². The molecule has 2 rings (SSSR count). The molecule has 1 aliphatic heterocycles. The molecule has 0 radical (unpaired) electrons. The second kappa shape index (κ2) is 8.21. The maximum absolute atomic E-state index is 13.8. The van der Waals surface area contributed by atoms with E-state index in [1.54, 1.807) is 0 Å². The van der Waals surface area contributed by atoms with E-state index < -0.39 is 17.6 Å². The fourth-order valence-corrected chi connectivity index (χ4v) is 2.32. The zero-order chi connectivity index (χ0) is 16.3. The van der Waals surface area contributed by atoms with E-state index >= 15 is 0 Å². The standard InChI is InChI=1S/C15H19F2N3O2.ClH/c1-9(6-18)7-19-15(22)10-4-14(21)20(8-10)13-3-2-11(16)5-12(13)17;/h2-3,5,9-10H,4,6-8,18H2,1H3,(H,19,22);1H. The fourth-order valence-electron chi connectivity index (χ4n) is 2.32. The first-order valence-corrected chi connectivity index (χ1v) is 7.15. The number of nitrogens with two attached hydrogens (primary N) is 1. The van der Waals surface area contributed by atoms with Gasteiger partial charge in [-0.05, 0) is 24.6 Å². The van der Waals surface area contributed by atoms with Gasteiger partial charge in [-0.15, -0.1) is 12.4 Å². The molecule has 128 valence electrons. The monoisotopic (exact) mass is 347 g/mol. The molecule has 2 amide bonds. The van der Waals surface area contributed by atoms with E-state index in [9.17, 15) is 18.4 Å². The number of halogens is 3. The Morgan fingerprint density at radius 1 is 1.48 bits per heavy atom. The van der Waals surface area contributed by atoms with Crippen LogP contribution in [0.25, 0.3) is 0 Å². The smallest absolute Gasteiger partial charge is 0.227 e. The molecule has 2 unspecified atom stereocenters. The van der Waals surface area contributed by atoms with E-state index in [0.29, 0.717) is 13.1 Å². The SMILES string of the molecule is CC(CN)CNC(=O)C1CC(=O)N(c2ccc(F)cc2F)C1.Cl. The Morgan fingerprint density at radius 2 is 2.17 bits per heavy atom. The van der Waals surface area contributed by atoms with Gasteiger partial charge in [0.15, 0.2) is 0 Å². The maximum Gasteiger partial charge on any atom is 0.227 e. The first-order chi connectivity index (χ1) is 10.4. The number of amides is 2. The predicted octanol–water partition coefficient (Wildman–Crippen LogP) is 1.45. The number of anilines is 1. The lowest BCUT2D eigenvalue weighted by molar-refractivity contribution is -0.126. The number of carbonyl (C=O) groups excluding carboxylic acids is 2. The van der Waals surface area contributed by atoms with E-state index in [1.807, 2.05) is 6.92 Å². The number of hydrogen-bond acceptors (Lipinski definition) is 3. The van der Waals surface area contributed by atoms with Crippen molar-refractivity contribution in [3.8, 4) is 0 Å². The number of nitrogens with zero attached hydrogens (tertiary/aromatic N) is 1. The topological polar surface area (TPSA) is 75.4 Å². The summed E-state index contributed by atoms with van der Waals surface area (Å²) in [5.41, 5.74) is 5.47. The average Bonchev–Trinajstić information content (AvgIpc) is 2.86. The quantitative estimate of drug-likeness (QED) is 0.846. The summed E-state index contributed by atoms with van der Waals surface area (Å²) in [6.45, 7) is 2.88. The van der Waals surface area contributed by atoms with Gasteiger partial charge in [0.05, 0.1) is 11.6 Å². The average molecular weight is 348 g/mol. The van der Waals surface area contributed by atoms with Gasteiger partial charge in [-0.25, -0.2) is 8.78 Å². The van der Waals surface area contributed by atoms with Crippen LogP contribution in [-0.4, -0.2) is 31.4 Å². The molecule has 1 aromatic rings. The molecule has 0 aliphatic carbocycles. The van der Waals surface area contributed by atoms with Crippen molar-refractivity contribution >= 4 is 29.9 Å². The summed E-state index contributed by atoms with van der Waals surface area (Å²) >= 11 is 0. The zero-order valence-electron chi connectivity index (χ0n) is 12.7. The van der Waals surface area contributed by atoms with E-state index in [1.165, 1.54) is 11.0 Å². The number of benzene rings is 1. The van der Waals surface area contributed by atoms with Crippen LogP contribution in [0.3, 0.4) is 0 Å². The van der Waals surface area contributed by atoms with Crippen LogP contribution in [0.5, 0.6) is 0 Å². The Kier molecular flexibility index (Phi) is 6.90. The van der Waals surface area contributed by atoms with Crippen molar-refractivity contribution in [3.63, 3.8) is 0 Å². The summed E-state index contributed by atoms with van der Waals surface area (Å²) in [6.07, 6.45) is 0.0135. The third kappa shape index (κ3) is 4.62. The molecule has 8 heteroatoms. The summed E-state index contributed by atoms with van der Waals surface area (Å²) in [4.78, 5) is 25.2. The highest BCUT2D eigenvalue weighted by atomic mass is 35.5. The second-order valence-corrected chi connectivity index (χ2v) is 5.59. The Labute approximate surface area is 139 Å². The highest BCUT2D eigenvalue weighted by molar-refractivity contribution is 6.00. The van der Waals surface area contributed by atoms with Crippen LogP contribution in [0.15, 0.2) is 18.2 Å². The Bertz CT molecular complexity index is 586. The normalized spacial score (nSPS) is 18.5. The van der Waals surface area contributed by atoms with Gasteiger partial charge in [0.2, 0.25) is 11.8 Å². The van der Waals surface area contributed by atoms with Gasteiger partial charge in [0.1, 0.15) is 11.6 Å². The van der Waals surface area contributed by atoms with E-state index in [-0.39, 0.29) is 48.8 Å². The fraction of sp³-hybridized carbons (Fsp3) is 0.467. The minimum absolute atomic E-state index is 0. The van der Waals surface area contributed by atoms with E-state index in [2.05, 4.69) is 5.32 Å². The van der Waals surface area contributed by atoms with Crippen LogP contribution < -0.4 is 16.0 Å². The molecular weight excluding hydrogens is 328 g/mol. The molecule has 0 spiro atoms. The molecule has 0 bridgehead atoms. The molecule has 3 N–H and O–H groups in total. The van der Waals surface area contributed by atoms with Gasteiger partial charge >= 0.3 is 0 Å². The van der Waals surface area contributed by atoms with Crippen molar-refractivity contribution in [2.24, 2.45) is 17.6 Å².